The molecule has 0 spiro atoms. The highest BCUT2D eigenvalue weighted by molar-refractivity contribution is 6.31. The van der Waals surface area contributed by atoms with Crippen molar-refractivity contribution in [1.82, 2.24) is 9.88 Å². The largest absolute Gasteiger partial charge is 0.376 e. The Morgan fingerprint density at radius 1 is 1.65 bits per heavy atom. The lowest BCUT2D eigenvalue weighted by Gasteiger charge is -2.42. The van der Waals surface area contributed by atoms with Crippen LogP contribution >= 0.6 is 11.6 Å². The van der Waals surface area contributed by atoms with E-state index in [9.17, 15) is 4.79 Å². The first-order valence-electron chi connectivity index (χ1n) is 6.99. The molecule has 3 N–H and O–H groups in total. The Labute approximate surface area is 124 Å². The lowest BCUT2D eigenvalue weighted by molar-refractivity contribution is -0.0301. The minimum absolute atomic E-state index is 0.0110. The summed E-state index contributed by atoms with van der Waals surface area (Å²) in [6.07, 6.45) is 2.56. The summed E-state index contributed by atoms with van der Waals surface area (Å²) in [5, 5.41) is 3.52. The number of nitrogens with one attached hydrogen (secondary N) is 1. The average molecular weight is 300 g/mol. The first-order valence-corrected chi connectivity index (χ1v) is 7.37. The molecule has 1 saturated carbocycles. The van der Waals surface area contributed by atoms with Gasteiger partial charge in [-0.05, 0) is 33.3 Å². The molecule has 1 amide bonds. The second-order valence-corrected chi connectivity index (χ2v) is 5.87. The van der Waals surface area contributed by atoms with Gasteiger partial charge in [-0.1, -0.05) is 11.6 Å². The van der Waals surface area contributed by atoms with Crippen LogP contribution in [0, 0.1) is 0 Å². The minimum atomic E-state index is -0.157. The summed E-state index contributed by atoms with van der Waals surface area (Å²) in [4.78, 5) is 12.4. The summed E-state index contributed by atoms with van der Waals surface area (Å²) in [5.74, 6) is -0.157. The summed E-state index contributed by atoms with van der Waals surface area (Å²) < 4.78 is 7.41. The van der Waals surface area contributed by atoms with Gasteiger partial charge >= 0.3 is 0 Å². The zero-order valence-corrected chi connectivity index (χ0v) is 12.9. The van der Waals surface area contributed by atoms with E-state index >= 15 is 0 Å². The molecule has 112 valence electrons. The molecule has 0 radical (unpaired) electrons. The van der Waals surface area contributed by atoms with Crippen LogP contribution < -0.4 is 11.1 Å². The third-order valence-electron chi connectivity index (χ3n) is 3.65. The van der Waals surface area contributed by atoms with E-state index in [-0.39, 0.29) is 30.1 Å². The van der Waals surface area contributed by atoms with Crippen molar-refractivity contribution in [3.05, 3.63) is 23.0 Å². The fourth-order valence-corrected chi connectivity index (χ4v) is 2.72. The van der Waals surface area contributed by atoms with Gasteiger partial charge in [0.05, 0.1) is 17.2 Å². The number of aromatic nitrogens is 1. The number of rotatable bonds is 5. The fourth-order valence-electron chi connectivity index (χ4n) is 2.51. The first-order chi connectivity index (χ1) is 9.43. The molecular weight excluding hydrogens is 278 g/mol. The predicted octanol–water partition coefficient (Wildman–Crippen LogP) is 1.96. The molecule has 20 heavy (non-hydrogen) atoms. The Morgan fingerprint density at radius 2 is 2.35 bits per heavy atom. The van der Waals surface area contributed by atoms with Crippen molar-refractivity contribution < 1.29 is 9.53 Å². The quantitative estimate of drug-likeness (QED) is 0.873. The average Bonchev–Trinajstić information content (AvgIpc) is 2.78. The SMILES string of the molecule is CCOC1CC(N)C1NC(=O)c1cc(Cl)cn1C(C)C. The molecule has 0 bridgehead atoms. The van der Waals surface area contributed by atoms with E-state index in [1.54, 1.807) is 12.3 Å². The molecule has 2 rings (SSSR count). The zero-order chi connectivity index (χ0) is 14.9. The first kappa shape index (κ1) is 15.4. The number of carbonyl (C=O) groups is 1. The zero-order valence-electron chi connectivity index (χ0n) is 12.1. The van der Waals surface area contributed by atoms with Crippen molar-refractivity contribution >= 4 is 17.5 Å². The maximum atomic E-state index is 12.4. The van der Waals surface area contributed by atoms with E-state index in [0.29, 0.717) is 17.3 Å². The lowest BCUT2D eigenvalue weighted by atomic mass is 9.83. The maximum absolute atomic E-state index is 12.4. The molecule has 1 aromatic heterocycles. The number of nitrogens with zero attached hydrogens (tertiary/aromatic N) is 1. The van der Waals surface area contributed by atoms with Crippen LogP contribution in [0.3, 0.4) is 0 Å². The van der Waals surface area contributed by atoms with Gasteiger partial charge < -0.3 is 20.4 Å². The van der Waals surface area contributed by atoms with Crippen LogP contribution in [0.25, 0.3) is 0 Å². The Morgan fingerprint density at radius 3 is 2.90 bits per heavy atom. The summed E-state index contributed by atoms with van der Waals surface area (Å²) in [7, 11) is 0. The highest BCUT2D eigenvalue weighted by atomic mass is 35.5. The van der Waals surface area contributed by atoms with Crippen molar-refractivity contribution in [3.8, 4) is 0 Å². The molecule has 1 aliphatic rings. The number of hydrogen-bond acceptors (Lipinski definition) is 3. The normalized spacial score (nSPS) is 25.6. The van der Waals surface area contributed by atoms with Crippen LogP contribution in [-0.2, 0) is 4.74 Å². The molecular formula is C14H22ClN3O2. The summed E-state index contributed by atoms with van der Waals surface area (Å²) in [5.41, 5.74) is 6.50. The molecule has 0 aliphatic heterocycles. The molecule has 5 nitrogen and oxygen atoms in total. The Balaban J connectivity index is 2.08. The van der Waals surface area contributed by atoms with Crippen LogP contribution in [0.1, 0.15) is 43.7 Å². The fraction of sp³-hybridized carbons (Fsp3) is 0.643. The second kappa shape index (κ2) is 6.16. The van der Waals surface area contributed by atoms with Gasteiger partial charge in [-0.3, -0.25) is 4.79 Å². The predicted molar refractivity (Wildman–Crippen MR) is 79.1 cm³/mol. The van der Waals surface area contributed by atoms with Crippen LogP contribution in [0.15, 0.2) is 12.3 Å². The standard InChI is InChI=1S/C14H22ClN3O2/c1-4-20-12-6-10(16)13(12)17-14(19)11-5-9(15)7-18(11)8(2)3/h5,7-8,10,12-13H,4,6,16H2,1-3H3,(H,17,19). The molecule has 1 aromatic rings. The van der Waals surface area contributed by atoms with E-state index in [1.807, 2.05) is 25.3 Å². The van der Waals surface area contributed by atoms with Crippen molar-refractivity contribution in [1.29, 1.82) is 0 Å². The monoisotopic (exact) mass is 299 g/mol. The third-order valence-corrected chi connectivity index (χ3v) is 3.86. The number of halogens is 1. The molecule has 1 heterocycles. The van der Waals surface area contributed by atoms with Gasteiger partial charge in [0, 0.05) is 24.9 Å². The van der Waals surface area contributed by atoms with Crippen LogP contribution in [-0.4, -0.2) is 35.3 Å². The van der Waals surface area contributed by atoms with Gasteiger partial charge in [-0.15, -0.1) is 0 Å². The smallest absolute Gasteiger partial charge is 0.268 e. The summed E-state index contributed by atoms with van der Waals surface area (Å²) >= 11 is 5.99. The number of amides is 1. The second-order valence-electron chi connectivity index (χ2n) is 5.44. The van der Waals surface area contributed by atoms with E-state index in [1.165, 1.54) is 0 Å². The van der Waals surface area contributed by atoms with Crippen LogP contribution in [0.5, 0.6) is 0 Å². The number of carbonyl (C=O) groups excluding carboxylic acids is 1. The van der Waals surface area contributed by atoms with Crippen molar-refractivity contribution in [3.63, 3.8) is 0 Å². The van der Waals surface area contributed by atoms with Gasteiger partial charge in [0.1, 0.15) is 5.69 Å². The topological polar surface area (TPSA) is 69.3 Å². The summed E-state index contributed by atoms with van der Waals surface area (Å²) in [6.45, 7) is 6.57. The Hall–Kier alpha value is -1.04. The third kappa shape index (κ3) is 3.00. The molecule has 3 unspecified atom stereocenters. The van der Waals surface area contributed by atoms with Gasteiger partial charge in [-0.25, -0.2) is 0 Å². The van der Waals surface area contributed by atoms with Gasteiger partial charge in [0.25, 0.3) is 5.91 Å². The lowest BCUT2D eigenvalue weighted by Crippen LogP contribution is -2.64. The van der Waals surface area contributed by atoms with E-state index in [0.717, 1.165) is 6.42 Å². The van der Waals surface area contributed by atoms with Crippen LogP contribution in [0.4, 0.5) is 0 Å². The molecule has 6 heteroatoms. The number of hydrogen-bond donors (Lipinski definition) is 2. The van der Waals surface area contributed by atoms with E-state index in [4.69, 9.17) is 22.1 Å². The molecule has 0 aromatic carbocycles. The minimum Gasteiger partial charge on any atom is -0.376 e. The molecule has 3 atom stereocenters. The van der Waals surface area contributed by atoms with Crippen molar-refractivity contribution in [2.24, 2.45) is 5.73 Å². The molecule has 1 fully saturated rings. The highest BCUT2D eigenvalue weighted by Gasteiger charge is 2.40. The molecule has 1 aliphatic carbocycles. The summed E-state index contributed by atoms with van der Waals surface area (Å²) in [6, 6.07) is 1.67. The van der Waals surface area contributed by atoms with E-state index in [2.05, 4.69) is 5.32 Å². The molecule has 0 saturated heterocycles. The van der Waals surface area contributed by atoms with Gasteiger partial charge in [-0.2, -0.15) is 0 Å². The van der Waals surface area contributed by atoms with Crippen molar-refractivity contribution in [2.75, 3.05) is 6.61 Å². The van der Waals surface area contributed by atoms with Crippen LogP contribution in [0.2, 0.25) is 5.02 Å². The maximum Gasteiger partial charge on any atom is 0.268 e. The van der Waals surface area contributed by atoms with Gasteiger partial charge in [0.2, 0.25) is 0 Å². The Kier molecular flexibility index (Phi) is 4.73. The van der Waals surface area contributed by atoms with E-state index < -0.39 is 0 Å². The van der Waals surface area contributed by atoms with Crippen molar-refractivity contribution in [2.45, 2.75) is 51.4 Å². The Bertz CT molecular complexity index is 485. The highest BCUT2D eigenvalue weighted by Crippen LogP contribution is 2.24. The van der Waals surface area contributed by atoms with Gasteiger partial charge in [0.15, 0.2) is 0 Å². The number of nitrogens with two attached hydrogens (primary N) is 1. The number of ether oxygens (including phenoxy) is 1.